The van der Waals surface area contributed by atoms with Gasteiger partial charge in [-0.3, -0.25) is 4.79 Å². The second-order valence-electron chi connectivity index (χ2n) is 5.12. The van der Waals surface area contributed by atoms with E-state index in [-0.39, 0.29) is 5.69 Å². The van der Waals surface area contributed by atoms with Gasteiger partial charge in [-0.2, -0.15) is 36.7 Å². The maximum atomic E-state index is 13.0. The van der Waals surface area contributed by atoms with E-state index in [9.17, 15) is 31.1 Å². The summed E-state index contributed by atoms with van der Waals surface area (Å²) in [4.78, 5) is 12.3. The first-order valence-electron chi connectivity index (χ1n) is 6.59. The van der Waals surface area contributed by atoms with Gasteiger partial charge in [0.05, 0.1) is 35.0 Å². The van der Waals surface area contributed by atoms with Crippen LogP contribution in [0.15, 0.2) is 23.3 Å². The van der Waals surface area contributed by atoms with Gasteiger partial charge in [0.25, 0.3) is 5.91 Å². The summed E-state index contributed by atoms with van der Waals surface area (Å²) in [5.41, 5.74) is -3.16. The van der Waals surface area contributed by atoms with Gasteiger partial charge in [0.15, 0.2) is 0 Å². The highest BCUT2D eigenvalue weighted by molar-refractivity contribution is 7.99. The maximum absolute atomic E-state index is 13.0. The number of carbonyl (C=O) groups excluding carboxylic acids is 1. The van der Waals surface area contributed by atoms with E-state index in [4.69, 9.17) is 5.26 Å². The van der Waals surface area contributed by atoms with Crippen molar-refractivity contribution in [3.63, 3.8) is 0 Å². The summed E-state index contributed by atoms with van der Waals surface area (Å²) in [6.45, 7) is 0. The molecule has 0 bridgehead atoms. The lowest BCUT2D eigenvalue weighted by molar-refractivity contribution is -0.137. The fourth-order valence-corrected chi connectivity index (χ4v) is 3.34. The lowest BCUT2D eigenvalue weighted by atomic mass is 10.1. The van der Waals surface area contributed by atoms with Crippen LogP contribution in [0, 0.1) is 11.3 Å². The highest BCUT2D eigenvalue weighted by Crippen LogP contribution is 2.43. The van der Waals surface area contributed by atoms with Gasteiger partial charge in [-0.1, -0.05) is 0 Å². The SMILES string of the molecule is N#Cc1ccc(N2SN3N=C(C(F)(F)F)CC3C2=O)cc1C(F)(F)F. The van der Waals surface area contributed by atoms with Gasteiger partial charge in [0.2, 0.25) is 0 Å². The van der Waals surface area contributed by atoms with Gasteiger partial charge >= 0.3 is 12.4 Å². The fourth-order valence-electron chi connectivity index (χ4n) is 2.34. The lowest BCUT2D eigenvalue weighted by Gasteiger charge is -2.17. The molecule has 1 unspecified atom stereocenters. The van der Waals surface area contributed by atoms with E-state index in [0.717, 1.165) is 20.9 Å². The van der Waals surface area contributed by atoms with Crippen LogP contribution in [0.25, 0.3) is 0 Å². The number of fused-ring (bicyclic) bond motifs is 1. The molecule has 2 heterocycles. The van der Waals surface area contributed by atoms with Crippen LogP contribution in [-0.2, 0) is 11.0 Å². The summed E-state index contributed by atoms with van der Waals surface area (Å²) in [5, 5.41) is 12.1. The van der Waals surface area contributed by atoms with Crippen LogP contribution in [0.4, 0.5) is 32.0 Å². The molecule has 0 N–H and O–H groups in total. The summed E-state index contributed by atoms with van der Waals surface area (Å²) >= 11 is 0.474. The molecule has 1 aromatic rings. The van der Waals surface area contributed by atoms with Crippen LogP contribution in [-0.4, -0.2) is 28.3 Å². The molecule has 1 aromatic carbocycles. The van der Waals surface area contributed by atoms with Crippen molar-refractivity contribution in [1.82, 2.24) is 4.41 Å². The smallest absolute Gasteiger partial charge is 0.271 e. The van der Waals surface area contributed by atoms with Crippen LogP contribution >= 0.6 is 12.1 Å². The molecule has 5 nitrogen and oxygen atoms in total. The quantitative estimate of drug-likeness (QED) is 0.553. The molecule has 0 spiro atoms. The summed E-state index contributed by atoms with van der Waals surface area (Å²) in [7, 11) is 0. The Morgan fingerprint density at radius 1 is 1.20 bits per heavy atom. The Kier molecular flexibility index (Phi) is 3.86. The predicted molar refractivity (Wildman–Crippen MR) is 75.0 cm³/mol. The minimum Gasteiger partial charge on any atom is -0.271 e. The predicted octanol–water partition coefficient (Wildman–Crippen LogP) is 3.48. The zero-order valence-electron chi connectivity index (χ0n) is 11.9. The van der Waals surface area contributed by atoms with E-state index in [1.807, 2.05) is 0 Å². The normalized spacial score (nSPS) is 20.6. The minimum atomic E-state index is -4.81. The highest BCUT2D eigenvalue weighted by atomic mass is 32.2. The molecule has 3 rings (SSSR count). The second kappa shape index (κ2) is 5.55. The largest absolute Gasteiger partial charge is 0.431 e. The molecule has 0 aliphatic carbocycles. The van der Waals surface area contributed by atoms with Crippen molar-refractivity contribution in [2.45, 2.75) is 24.8 Å². The molecule has 2 aliphatic heterocycles. The zero-order chi connectivity index (χ0) is 18.6. The third kappa shape index (κ3) is 2.99. The number of nitriles is 1. The van der Waals surface area contributed by atoms with Crippen molar-refractivity contribution in [3.05, 3.63) is 29.3 Å². The first-order valence-corrected chi connectivity index (χ1v) is 7.32. The fraction of sp³-hybridized carbons (Fsp3) is 0.308. The number of rotatable bonds is 1. The Hall–Kier alpha value is -2.42. The number of halogens is 6. The molecule has 1 atom stereocenters. The maximum Gasteiger partial charge on any atom is 0.431 e. The van der Waals surface area contributed by atoms with Gasteiger partial charge in [-0.15, -0.1) is 0 Å². The Balaban J connectivity index is 1.92. The first-order chi connectivity index (χ1) is 11.5. The molecule has 1 saturated heterocycles. The number of nitrogens with zero attached hydrogens (tertiary/aromatic N) is 4. The molecular weight excluding hydrogens is 374 g/mol. The number of hydrogen-bond acceptors (Lipinski definition) is 5. The van der Waals surface area contributed by atoms with Crippen molar-refractivity contribution >= 4 is 29.4 Å². The number of hydrazone groups is 1. The molecule has 25 heavy (non-hydrogen) atoms. The summed E-state index contributed by atoms with van der Waals surface area (Å²) < 4.78 is 78.5. The van der Waals surface area contributed by atoms with Crippen LogP contribution in [0.3, 0.4) is 0 Å². The minimum absolute atomic E-state index is 0.195. The van der Waals surface area contributed by atoms with Crippen LogP contribution in [0.1, 0.15) is 17.5 Å². The monoisotopic (exact) mass is 380 g/mol. The molecule has 0 saturated carbocycles. The molecule has 2 aliphatic rings. The third-order valence-electron chi connectivity index (χ3n) is 3.51. The molecular formula is C13H6F6N4OS. The second-order valence-corrected chi connectivity index (χ2v) is 6.02. The standard InChI is InChI=1S/C13H6F6N4OS/c14-12(15,16)8-3-7(2-1-6(8)5-20)22-11(24)9-4-10(13(17,18)19)21-23(9)25-22/h1-3,9H,4H2. The number of amides is 1. The number of hydrogen-bond donors (Lipinski definition) is 0. The van der Waals surface area contributed by atoms with Gasteiger partial charge < -0.3 is 0 Å². The van der Waals surface area contributed by atoms with Crippen molar-refractivity contribution in [2.24, 2.45) is 5.10 Å². The lowest BCUT2D eigenvalue weighted by Crippen LogP contribution is -2.31. The molecule has 1 amide bonds. The van der Waals surface area contributed by atoms with Crippen molar-refractivity contribution in [2.75, 3.05) is 4.31 Å². The summed E-state index contributed by atoms with van der Waals surface area (Å²) in [5.74, 6) is -0.814. The number of carbonyl (C=O) groups is 1. The van der Waals surface area contributed by atoms with Gasteiger partial charge in [0, 0.05) is 6.42 Å². The van der Waals surface area contributed by atoms with Crippen molar-refractivity contribution in [1.29, 1.82) is 5.26 Å². The van der Waals surface area contributed by atoms with E-state index in [1.54, 1.807) is 0 Å². The van der Waals surface area contributed by atoms with Crippen LogP contribution in [0.5, 0.6) is 0 Å². The average Bonchev–Trinajstić information content (AvgIpc) is 3.05. The van der Waals surface area contributed by atoms with Crippen molar-refractivity contribution < 1.29 is 31.1 Å². The Bertz CT molecular complexity index is 812. The van der Waals surface area contributed by atoms with Crippen molar-refractivity contribution in [3.8, 4) is 6.07 Å². The Morgan fingerprint density at radius 2 is 1.88 bits per heavy atom. The number of benzene rings is 1. The van der Waals surface area contributed by atoms with E-state index >= 15 is 0 Å². The molecule has 1 fully saturated rings. The van der Waals surface area contributed by atoms with Gasteiger partial charge in [-0.25, -0.2) is 8.72 Å². The van der Waals surface area contributed by atoms with E-state index in [0.29, 0.717) is 18.2 Å². The molecule has 0 radical (unpaired) electrons. The molecule has 132 valence electrons. The number of anilines is 1. The van der Waals surface area contributed by atoms with Gasteiger partial charge in [-0.05, 0) is 18.2 Å². The van der Waals surface area contributed by atoms with Crippen LogP contribution < -0.4 is 4.31 Å². The topological polar surface area (TPSA) is 59.7 Å². The third-order valence-corrected chi connectivity index (χ3v) is 4.57. The van der Waals surface area contributed by atoms with Gasteiger partial charge in [0.1, 0.15) is 11.8 Å². The highest BCUT2D eigenvalue weighted by Gasteiger charge is 2.51. The Morgan fingerprint density at radius 3 is 2.40 bits per heavy atom. The zero-order valence-corrected chi connectivity index (χ0v) is 12.7. The Labute approximate surface area is 140 Å². The number of alkyl halides is 6. The molecule has 0 aromatic heterocycles. The van der Waals surface area contributed by atoms with Crippen LogP contribution in [0.2, 0.25) is 0 Å². The summed E-state index contributed by atoms with van der Waals surface area (Å²) in [6, 6.07) is 2.81. The average molecular weight is 380 g/mol. The first kappa shape index (κ1) is 17.4. The molecule has 12 heteroatoms. The summed E-state index contributed by atoms with van der Waals surface area (Å²) in [6.07, 6.45) is -10.2. The van der Waals surface area contributed by atoms with E-state index in [2.05, 4.69) is 5.10 Å². The van der Waals surface area contributed by atoms with E-state index in [1.165, 1.54) is 6.07 Å². The van der Waals surface area contributed by atoms with E-state index < -0.39 is 47.6 Å².